The van der Waals surface area contributed by atoms with Gasteiger partial charge in [-0.3, -0.25) is 19.0 Å². The van der Waals surface area contributed by atoms with E-state index in [1.165, 1.54) is 24.7 Å². The fourth-order valence-corrected chi connectivity index (χ4v) is 6.37. The number of carbonyl (C=O) groups excluding carboxylic acids is 3. The lowest BCUT2D eigenvalue weighted by Gasteiger charge is -2.33. The molecule has 14 nitrogen and oxygen atoms in total. The number of terminal acetylenes is 1. The van der Waals surface area contributed by atoms with Crippen molar-refractivity contribution in [1.82, 2.24) is 24.1 Å². The zero-order valence-electron chi connectivity index (χ0n) is 28.9. The Balaban J connectivity index is 1.48. The maximum atomic E-state index is 13.6. The predicted octanol–water partition coefficient (Wildman–Crippen LogP) is 3.92. The number of rotatable bonds is 13. The van der Waals surface area contributed by atoms with Crippen LogP contribution in [-0.4, -0.2) is 72.8 Å². The van der Waals surface area contributed by atoms with Crippen molar-refractivity contribution >= 4 is 46.3 Å². The average Bonchev–Trinajstić information content (AvgIpc) is 3.63. The molecule has 0 saturated carbocycles. The van der Waals surface area contributed by atoms with Crippen molar-refractivity contribution < 1.29 is 33.3 Å². The Morgan fingerprint density at radius 1 is 1.16 bits per heavy atom. The Hall–Kier alpha value is -5.10. The number of ketones is 1. The molecular formula is C36H39ClN6O8. The molecule has 0 amide bonds. The fraction of sp³-hybridized carbons (Fsp3) is 0.417. The number of nitrogens with two attached hydrogens (primary N) is 1. The average molecular weight is 719 g/mol. The number of anilines is 1. The van der Waals surface area contributed by atoms with Gasteiger partial charge in [0.25, 0.3) is 5.56 Å². The second-order valence-electron chi connectivity index (χ2n) is 12.4. The van der Waals surface area contributed by atoms with Crippen LogP contribution in [0.5, 0.6) is 0 Å². The summed E-state index contributed by atoms with van der Waals surface area (Å²) >= 11 is 6.10. The highest BCUT2D eigenvalue weighted by Crippen LogP contribution is 2.46. The van der Waals surface area contributed by atoms with E-state index in [0.29, 0.717) is 23.2 Å². The molecule has 2 N–H and O–H groups in total. The Bertz CT molecular complexity index is 2060. The molecule has 5 rings (SSSR count). The van der Waals surface area contributed by atoms with Gasteiger partial charge in [-0.05, 0) is 62.1 Å². The SMILES string of the molecule is C#C[C@@]1(C)[C@@H](COC(Cc2ccc(-c3cccn(CCC)c3=O)cc2)(C(C)=O)C(=O)OCC)O[C@@H](n2cnc3c(N)nc(Cl)nc32)[C@@H]1OC(C)=O. The number of nitrogens with zero attached hydrogens (tertiary/aromatic N) is 5. The van der Waals surface area contributed by atoms with Crippen LogP contribution in [0.3, 0.4) is 0 Å². The van der Waals surface area contributed by atoms with Gasteiger partial charge in [0, 0.05) is 31.6 Å². The first-order valence-electron chi connectivity index (χ1n) is 16.4. The lowest BCUT2D eigenvalue weighted by molar-refractivity contribution is -0.182. The van der Waals surface area contributed by atoms with Crippen molar-refractivity contribution in [3.05, 3.63) is 70.1 Å². The minimum Gasteiger partial charge on any atom is -0.463 e. The molecule has 1 saturated heterocycles. The van der Waals surface area contributed by atoms with Gasteiger partial charge < -0.3 is 29.2 Å². The van der Waals surface area contributed by atoms with Crippen LogP contribution in [0, 0.1) is 17.8 Å². The summed E-state index contributed by atoms with van der Waals surface area (Å²) in [6, 6.07) is 10.5. The van der Waals surface area contributed by atoms with Crippen molar-refractivity contribution in [3.8, 4) is 23.5 Å². The minimum atomic E-state index is -2.11. The van der Waals surface area contributed by atoms with Gasteiger partial charge in [0.05, 0.1) is 25.0 Å². The molecule has 4 heterocycles. The molecule has 1 aliphatic rings. The zero-order chi connectivity index (χ0) is 37.1. The van der Waals surface area contributed by atoms with Crippen LogP contribution in [0.25, 0.3) is 22.3 Å². The second-order valence-corrected chi connectivity index (χ2v) is 12.7. The number of carbonyl (C=O) groups is 3. The monoisotopic (exact) mass is 718 g/mol. The molecule has 0 aliphatic carbocycles. The van der Waals surface area contributed by atoms with Crippen LogP contribution in [0.15, 0.2) is 53.7 Å². The summed E-state index contributed by atoms with van der Waals surface area (Å²) < 4.78 is 26.9. The topological polar surface area (TPSA) is 180 Å². The number of fused-ring (bicyclic) bond motifs is 1. The van der Waals surface area contributed by atoms with E-state index in [1.807, 2.05) is 13.0 Å². The van der Waals surface area contributed by atoms with Crippen LogP contribution in [0.1, 0.15) is 52.8 Å². The molecule has 3 aromatic heterocycles. The first-order valence-corrected chi connectivity index (χ1v) is 16.7. The summed E-state index contributed by atoms with van der Waals surface area (Å²) in [6.07, 6.45) is 6.56. The lowest BCUT2D eigenvalue weighted by atomic mass is 9.81. The Labute approximate surface area is 299 Å². The van der Waals surface area contributed by atoms with Gasteiger partial charge >= 0.3 is 11.9 Å². The molecular weight excluding hydrogens is 680 g/mol. The molecule has 1 fully saturated rings. The molecule has 0 spiro atoms. The molecule has 15 heteroatoms. The van der Waals surface area contributed by atoms with Gasteiger partial charge in [-0.15, -0.1) is 6.42 Å². The van der Waals surface area contributed by atoms with Crippen molar-refractivity contribution in [1.29, 1.82) is 0 Å². The number of hydrogen-bond acceptors (Lipinski definition) is 12. The van der Waals surface area contributed by atoms with Crippen molar-refractivity contribution in [2.45, 2.75) is 78.0 Å². The number of esters is 2. The van der Waals surface area contributed by atoms with Crippen LogP contribution < -0.4 is 11.3 Å². The summed E-state index contributed by atoms with van der Waals surface area (Å²) in [5.74, 6) is 0.556. The van der Waals surface area contributed by atoms with Crippen LogP contribution in [-0.2, 0) is 46.3 Å². The molecule has 268 valence electrons. The van der Waals surface area contributed by atoms with Gasteiger partial charge in [0.15, 0.2) is 29.6 Å². The van der Waals surface area contributed by atoms with Crippen molar-refractivity contribution in [2.24, 2.45) is 5.41 Å². The van der Waals surface area contributed by atoms with E-state index in [-0.39, 0.29) is 40.9 Å². The standard InChI is InChI=1S/C36H39ClN6O8/c1-7-16-42-17-10-11-25(31(42)46)24-14-12-23(13-15-24)18-36(21(4)44,33(47)48-9-3)49-19-26-35(6,8-2)28(50-22(5)45)32(51-26)43-20-39-27-29(38)40-34(37)41-30(27)43/h2,10-15,17,20,26,28,32H,7,9,16,18-19H2,1,3-6H3,(H2,38,40,41)/t26-,28+,32-,35+,36?/m1/s1. The van der Waals surface area contributed by atoms with Crippen molar-refractivity contribution in [3.63, 3.8) is 0 Å². The van der Waals surface area contributed by atoms with Gasteiger partial charge in [0.1, 0.15) is 11.6 Å². The third-order valence-electron chi connectivity index (χ3n) is 8.98. The Morgan fingerprint density at radius 3 is 2.51 bits per heavy atom. The third-order valence-corrected chi connectivity index (χ3v) is 9.15. The van der Waals surface area contributed by atoms with Gasteiger partial charge in [-0.25, -0.2) is 9.78 Å². The van der Waals surface area contributed by atoms with E-state index < -0.39 is 53.8 Å². The van der Waals surface area contributed by atoms with Gasteiger partial charge in [0.2, 0.25) is 10.9 Å². The molecule has 5 atom stereocenters. The third kappa shape index (κ3) is 7.10. The number of hydrogen-bond donors (Lipinski definition) is 1. The summed E-state index contributed by atoms with van der Waals surface area (Å²) in [5.41, 5.74) is 4.61. The Morgan fingerprint density at radius 2 is 1.88 bits per heavy atom. The Kier molecular flexibility index (Phi) is 10.9. The number of imidazole rings is 1. The van der Waals surface area contributed by atoms with Crippen LogP contribution in [0.4, 0.5) is 5.82 Å². The number of aromatic nitrogens is 5. The van der Waals surface area contributed by atoms with Crippen LogP contribution in [0.2, 0.25) is 5.28 Å². The normalized spacial score (nSPS) is 21.2. The number of ether oxygens (including phenoxy) is 4. The maximum Gasteiger partial charge on any atom is 0.346 e. The number of aryl methyl sites for hydroxylation is 1. The van der Waals surface area contributed by atoms with E-state index in [4.69, 9.17) is 42.7 Å². The van der Waals surface area contributed by atoms with E-state index in [0.717, 1.165) is 6.42 Å². The first kappa shape index (κ1) is 37.2. The van der Waals surface area contributed by atoms with Crippen molar-refractivity contribution in [2.75, 3.05) is 18.9 Å². The highest BCUT2D eigenvalue weighted by molar-refractivity contribution is 6.28. The quantitative estimate of drug-likeness (QED) is 0.0913. The number of Topliss-reactive ketones (excluding diaryl/α,β-unsaturated/α-hetero) is 1. The molecule has 0 radical (unpaired) electrons. The zero-order valence-corrected chi connectivity index (χ0v) is 29.7. The largest absolute Gasteiger partial charge is 0.463 e. The number of nitrogen functional groups attached to an aromatic ring is 1. The molecule has 1 aliphatic heterocycles. The maximum absolute atomic E-state index is 13.6. The number of benzene rings is 1. The summed E-state index contributed by atoms with van der Waals surface area (Å²) in [4.78, 5) is 64.9. The first-order chi connectivity index (χ1) is 24.3. The summed E-state index contributed by atoms with van der Waals surface area (Å²) in [5, 5.41) is -0.144. The highest BCUT2D eigenvalue weighted by atomic mass is 35.5. The molecule has 51 heavy (non-hydrogen) atoms. The predicted molar refractivity (Wildman–Crippen MR) is 187 cm³/mol. The molecule has 1 unspecified atom stereocenters. The summed E-state index contributed by atoms with van der Waals surface area (Å²) in [7, 11) is 0. The number of pyridine rings is 1. The van der Waals surface area contributed by atoms with E-state index >= 15 is 0 Å². The second kappa shape index (κ2) is 15.0. The lowest BCUT2D eigenvalue weighted by Crippen LogP contribution is -2.53. The van der Waals surface area contributed by atoms with E-state index in [2.05, 4.69) is 20.9 Å². The van der Waals surface area contributed by atoms with E-state index in [9.17, 15) is 19.2 Å². The van der Waals surface area contributed by atoms with Gasteiger partial charge in [-0.1, -0.05) is 37.1 Å². The highest BCUT2D eigenvalue weighted by Gasteiger charge is 2.58. The fourth-order valence-electron chi connectivity index (χ4n) is 6.20. The van der Waals surface area contributed by atoms with Crippen LogP contribution >= 0.6 is 11.6 Å². The molecule has 4 aromatic rings. The number of halogens is 1. The van der Waals surface area contributed by atoms with Gasteiger partial charge in [-0.2, -0.15) is 9.97 Å². The molecule has 1 aromatic carbocycles. The minimum absolute atomic E-state index is 0.0198. The van der Waals surface area contributed by atoms with E-state index in [1.54, 1.807) is 54.9 Å². The smallest absolute Gasteiger partial charge is 0.346 e. The molecule has 0 bridgehead atoms. The summed E-state index contributed by atoms with van der Waals surface area (Å²) in [6.45, 7) is 7.89.